The second kappa shape index (κ2) is 5.11. The second-order valence-electron chi connectivity index (χ2n) is 5.95. The van der Waals surface area contributed by atoms with Crippen molar-refractivity contribution in [2.75, 3.05) is 18.0 Å². The largest absolute Gasteiger partial charge is 0.491 e. The van der Waals surface area contributed by atoms with E-state index in [1.165, 1.54) is 0 Å². The summed E-state index contributed by atoms with van der Waals surface area (Å²) in [5, 5.41) is 2.99. The molecular formula is C15H22N2O2. The molecule has 4 heteroatoms. The van der Waals surface area contributed by atoms with Gasteiger partial charge in [0, 0.05) is 12.2 Å². The molecule has 0 bridgehead atoms. The van der Waals surface area contributed by atoms with Crippen LogP contribution in [0.3, 0.4) is 0 Å². The van der Waals surface area contributed by atoms with Gasteiger partial charge in [0.05, 0.1) is 18.2 Å². The van der Waals surface area contributed by atoms with Crippen LogP contribution < -0.4 is 15.0 Å². The van der Waals surface area contributed by atoms with Crippen LogP contribution in [0.1, 0.15) is 27.7 Å². The standard InChI is InChI=1S/C15H22N2O2/c1-11(2)19-13-7-5-12(6-8-13)17-9-14(18)16-15(3,4)10-17/h5-8,11H,9-10H2,1-4H3,(H,16,18). The third-order valence-electron chi connectivity index (χ3n) is 2.97. The predicted octanol–water partition coefficient (Wildman–Crippen LogP) is 2.19. The van der Waals surface area contributed by atoms with Crippen molar-refractivity contribution in [3.05, 3.63) is 24.3 Å². The molecule has 0 spiro atoms. The lowest BCUT2D eigenvalue weighted by atomic mass is 10.0. The van der Waals surface area contributed by atoms with Gasteiger partial charge in [-0.05, 0) is 52.0 Å². The first-order valence-electron chi connectivity index (χ1n) is 6.68. The third-order valence-corrected chi connectivity index (χ3v) is 2.97. The number of anilines is 1. The molecule has 1 aliphatic heterocycles. The number of amides is 1. The highest BCUT2D eigenvalue weighted by Gasteiger charge is 2.30. The van der Waals surface area contributed by atoms with Crippen LogP contribution in [0, 0.1) is 0 Å². The quantitative estimate of drug-likeness (QED) is 0.908. The van der Waals surface area contributed by atoms with Gasteiger partial charge in [0.2, 0.25) is 5.91 Å². The summed E-state index contributed by atoms with van der Waals surface area (Å²) in [6.45, 7) is 9.30. The van der Waals surface area contributed by atoms with Crippen molar-refractivity contribution in [1.82, 2.24) is 5.32 Å². The van der Waals surface area contributed by atoms with Gasteiger partial charge in [-0.1, -0.05) is 0 Å². The Labute approximate surface area is 114 Å². The minimum Gasteiger partial charge on any atom is -0.491 e. The molecular weight excluding hydrogens is 240 g/mol. The van der Waals surface area contributed by atoms with Gasteiger partial charge in [-0.25, -0.2) is 0 Å². The Balaban J connectivity index is 2.11. The third kappa shape index (κ3) is 3.63. The maximum atomic E-state index is 11.7. The van der Waals surface area contributed by atoms with Crippen LogP contribution in [-0.4, -0.2) is 30.6 Å². The number of ether oxygens (including phenoxy) is 1. The number of nitrogens with zero attached hydrogens (tertiary/aromatic N) is 1. The number of rotatable bonds is 3. The molecule has 0 saturated carbocycles. The molecule has 0 aromatic heterocycles. The van der Waals surface area contributed by atoms with Crippen LogP contribution in [0.5, 0.6) is 5.75 Å². The summed E-state index contributed by atoms with van der Waals surface area (Å²) in [7, 11) is 0. The molecule has 19 heavy (non-hydrogen) atoms. The summed E-state index contributed by atoms with van der Waals surface area (Å²) >= 11 is 0. The van der Waals surface area contributed by atoms with E-state index in [2.05, 4.69) is 10.2 Å². The van der Waals surface area contributed by atoms with Gasteiger partial charge in [-0.3, -0.25) is 4.79 Å². The van der Waals surface area contributed by atoms with Gasteiger partial charge in [-0.15, -0.1) is 0 Å². The Hall–Kier alpha value is -1.71. The van der Waals surface area contributed by atoms with Crippen LogP contribution in [0.4, 0.5) is 5.69 Å². The summed E-state index contributed by atoms with van der Waals surface area (Å²) < 4.78 is 5.62. The van der Waals surface area contributed by atoms with E-state index in [4.69, 9.17) is 4.74 Å². The average molecular weight is 262 g/mol. The van der Waals surface area contributed by atoms with E-state index >= 15 is 0 Å². The van der Waals surface area contributed by atoms with Gasteiger partial charge in [-0.2, -0.15) is 0 Å². The molecule has 0 unspecified atom stereocenters. The number of benzene rings is 1. The fraction of sp³-hybridized carbons (Fsp3) is 0.533. The van der Waals surface area contributed by atoms with Gasteiger partial charge in [0.25, 0.3) is 0 Å². The highest BCUT2D eigenvalue weighted by molar-refractivity contribution is 5.83. The molecule has 2 rings (SSSR count). The summed E-state index contributed by atoms with van der Waals surface area (Å²) in [5.41, 5.74) is 0.863. The first-order valence-corrected chi connectivity index (χ1v) is 6.68. The molecule has 1 aliphatic rings. The van der Waals surface area contributed by atoms with Crippen molar-refractivity contribution in [2.24, 2.45) is 0 Å². The van der Waals surface area contributed by atoms with Crippen LogP contribution in [-0.2, 0) is 4.79 Å². The molecule has 1 aromatic rings. The lowest BCUT2D eigenvalue weighted by Gasteiger charge is -2.39. The summed E-state index contributed by atoms with van der Waals surface area (Å²) in [6, 6.07) is 7.92. The van der Waals surface area contributed by atoms with Crippen LogP contribution in [0.25, 0.3) is 0 Å². The Morgan fingerprint density at radius 1 is 1.26 bits per heavy atom. The summed E-state index contributed by atoms with van der Waals surface area (Å²) in [5.74, 6) is 0.929. The number of carbonyl (C=O) groups excluding carboxylic acids is 1. The summed E-state index contributed by atoms with van der Waals surface area (Å²) in [4.78, 5) is 13.8. The highest BCUT2D eigenvalue weighted by Crippen LogP contribution is 2.23. The van der Waals surface area contributed by atoms with Gasteiger partial charge in [0.1, 0.15) is 5.75 Å². The van der Waals surface area contributed by atoms with E-state index in [0.717, 1.165) is 18.0 Å². The number of hydrogen-bond donors (Lipinski definition) is 1. The average Bonchev–Trinajstić information content (AvgIpc) is 2.26. The molecule has 4 nitrogen and oxygen atoms in total. The number of nitrogens with one attached hydrogen (secondary N) is 1. The fourth-order valence-corrected chi connectivity index (χ4v) is 2.35. The first kappa shape index (κ1) is 13.7. The molecule has 1 heterocycles. The van der Waals surface area contributed by atoms with Crippen molar-refractivity contribution >= 4 is 11.6 Å². The molecule has 1 aromatic carbocycles. The fourth-order valence-electron chi connectivity index (χ4n) is 2.35. The molecule has 104 valence electrons. The van der Waals surface area contributed by atoms with E-state index < -0.39 is 0 Å². The number of piperazine rings is 1. The zero-order valence-electron chi connectivity index (χ0n) is 12.1. The lowest BCUT2D eigenvalue weighted by molar-refractivity contribution is -0.122. The maximum Gasteiger partial charge on any atom is 0.239 e. The molecule has 0 radical (unpaired) electrons. The Morgan fingerprint density at radius 3 is 2.42 bits per heavy atom. The minimum absolute atomic E-state index is 0.0683. The van der Waals surface area contributed by atoms with Crippen LogP contribution >= 0.6 is 0 Å². The van der Waals surface area contributed by atoms with E-state index in [9.17, 15) is 4.79 Å². The SMILES string of the molecule is CC(C)Oc1ccc(N2CC(=O)NC(C)(C)C2)cc1. The Morgan fingerprint density at radius 2 is 1.89 bits per heavy atom. The van der Waals surface area contributed by atoms with Crippen molar-refractivity contribution in [3.8, 4) is 5.75 Å². The van der Waals surface area contributed by atoms with Gasteiger partial charge < -0.3 is 15.0 Å². The van der Waals surface area contributed by atoms with Crippen molar-refractivity contribution < 1.29 is 9.53 Å². The van der Waals surface area contributed by atoms with E-state index in [-0.39, 0.29) is 17.6 Å². The molecule has 1 amide bonds. The van der Waals surface area contributed by atoms with Crippen molar-refractivity contribution in [1.29, 1.82) is 0 Å². The summed E-state index contributed by atoms with van der Waals surface area (Å²) in [6.07, 6.45) is 0.172. The van der Waals surface area contributed by atoms with E-state index in [1.807, 2.05) is 52.0 Å². The molecule has 1 N–H and O–H groups in total. The molecule has 0 atom stereocenters. The van der Waals surface area contributed by atoms with Crippen LogP contribution in [0.15, 0.2) is 24.3 Å². The normalized spacial score (nSPS) is 18.4. The second-order valence-corrected chi connectivity index (χ2v) is 5.95. The molecule has 1 fully saturated rings. The van der Waals surface area contributed by atoms with E-state index in [1.54, 1.807) is 0 Å². The zero-order chi connectivity index (χ0) is 14.0. The number of hydrogen-bond acceptors (Lipinski definition) is 3. The molecule has 0 aliphatic carbocycles. The topological polar surface area (TPSA) is 41.6 Å². The van der Waals surface area contributed by atoms with Gasteiger partial charge in [0.15, 0.2) is 0 Å². The minimum atomic E-state index is -0.192. The highest BCUT2D eigenvalue weighted by atomic mass is 16.5. The predicted molar refractivity (Wildman–Crippen MR) is 76.6 cm³/mol. The Kier molecular flexibility index (Phi) is 3.69. The number of carbonyl (C=O) groups is 1. The van der Waals surface area contributed by atoms with E-state index in [0.29, 0.717) is 6.54 Å². The zero-order valence-corrected chi connectivity index (χ0v) is 12.1. The maximum absolute atomic E-state index is 11.7. The monoisotopic (exact) mass is 262 g/mol. The lowest BCUT2D eigenvalue weighted by Crippen LogP contribution is -2.60. The Bertz CT molecular complexity index is 452. The van der Waals surface area contributed by atoms with Crippen LogP contribution in [0.2, 0.25) is 0 Å². The molecule has 1 saturated heterocycles. The first-order chi connectivity index (χ1) is 8.85. The van der Waals surface area contributed by atoms with Crippen molar-refractivity contribution in [3.63, 3.8) is 0 Å². The van der Waals surface area contributed by atoms with Gasteiger partial charge >= 0.3 is 0 Å². The van der Waals surface area contributed by atoms with Crippen molar-refractivity contribution in [2.45, 2.75) is 39.3 Å². The smallest absolute Gasteiger partial charge is 0.239 e.